The molecule has 0 unspecified atom stereocenters. The Labute approximate surface area is 168 Å². The first-order chi connectivity index (χ1) is 12.7. The summed E-state index contributed by atoms with van der Waals surface area (Å²) < 4.78 is 30.4. The Bertz CT molecular complexity index is 942. The maximum Gasteiger partial charge on any atom is 0.260 e. The zero-order chi connectivity index (χ0) is 19.6. The number of sulfone groups is 1. The molecule has 1 heterocycles. The standard InChI is InChI=1S/C20H24BrNO4S/c1-14(2)11-22(18-7-8-27(24,25)13-18)20(23)12-26-19-6-4-15-9-17(21)5-3-16(15)10-19/h3-6,9-10,14,18H,7-8,11-13H2,1-2H3/t18-/m0/s1. The SMILES string of the molecule is CC(C)CN(C(=O)COc1ccc2cc(Br)ccc2c1)[C@H]1CCS(=O)(=O)C1. The topological polar surface area (TPSA) is 63.7 Å². The normalized spacial score (nSPS) is 18.7. The molecule has 1 aliphatic rings. The molecule has 2 aromatic rings. The average Bonchev–Trinajstić information content (AvgIpc) is 2.97. The highest BCUT2D eigenvalue weighted by molar-refractivity contribution is 9.10. The molecule has 0 bridgehead atoms. The first kappa shape index (κ1) is 20.1. The number of carbonyl (C=O) groups is 1. The van der Waals surface area contributed by atoms with Gasteiger partial charge in [-0.3, -0.25) is 4.79 Å². The fourth-order valence-corrected chi connectivity index (χ4v) is 5.49. The van der Waals surface area contributed by atoms with Gasteiger partial charge >= 0.3 is 0 Å². The van der Waals surface area contributed by atoms with Gasteiger partial charge in [0.1, 0.15) is 5.75 Å². The number of nitrogens with zero attached hydrogens (tertiary/aromatic N) is 1. The summed E-state index contributed by atoms with van der Waals surface area (Å²) in [4.78, 5) is 14.4. The van der Waals surface area contributed by atoms with Gasteiger partial charge in [-0.05, 0) is 47.4 Å². The third-order valence-electron chi connectivity index (χ3n) is 4.67. The number of halogens is 1. The lowest BCUT2D eigenvalue weighted by Gasteiger charge is -2.30. The largest absolute Gasteiger partial charge is 0.484 e. The van der Waals surface area contributed by atoms with Gasteiger partial charge in [-0.25, -0.2) is 8.42 Å². The summed E-state index contributed by atoms with van der Waals surface area (Å²) in [6, 6.07) is 11.4. The monoisotopic (exact) mass is 453 g/mol. The first-order valence-electron chi connectivity index (χ1n) is 9.05. The Hall–Kier alpha value is -1.60. The van der Waals surface area contributed by atoms with E-state index >= 15 is 0 Å². The molecule has 7 heteroatoms. The fraction of sp³-hybridized carbons (Fsp3) is 0.450. The summed E-state index contributed by atoms with van der Waals surface area (Å²) in [6.07, 6.45) is 0.506. The number of hydrogen-bond acceptors (Lipinski definition) is 4. The second kappa shape index (κ2) is 8.19. The van der Waals surface area contributed by atoms with Crippen molar-refractivity contribution < 1.29 is 17.9 Å². The van der Waals surface area contributed by atoms with Crippen molar-refractivity contribution in [3.8, 4) is 5.75 Å². The summed E-state index contributed by atoms with van der Waals surface area (Å²) in [7, 11) is -3.04. The number of ether oxygens (including phenoxy) is 1. The molecule has 2 aromatic carbocycles. The highest BCUT2D eigenvalue weighted by Crippen LogP contribution is 2.24. The second-order valence-corrected chi connectivity index (χ2v) is 10.6. The van der Waals surface area contributed by atoms with Crippen LogP contribution in [0, 0.1) is 5.92 Å². The number of carbonyl (C=O) groups excluding carboxylic acids is 1. The van der Waals surface area contributed by atoms with Crippen molar-refractivity contribution in [3.05, 3.63) is 40.9 Å². The lowest BCUT2D eigenvalue weighted by molar-refractivity contribution is -0.135. The Kier molecular flexibility index (Phi) is 6.11. The van der Waals surface area contributed by atoms with E-state index in [4.69, 9.17) is 4.74 Å². The fourth-order valence-electron chi connectivity index (χ4n) is 3.38. The van der Waals surface area contributed by atoms with Gasteiger partial charge < -0.3 is 9.64 Å². The van der Waals surface area contributed by atoms with Gasteiger partial charge in [0, 0.05) is 17.1 Å². The van der Waals surface area contributed by atoms with Crippen LogP contribution in [0.1, 0.15) is 20.3 Å². The quantitative estimate of drug-likeness (QED) is 0.669. The van der Waals surface area contributed by atoms with E-state index in [2.05, 4.69) is 15.9 Å². The molecule has 1 saturated heterocycles. The van der Waals surface area contributed by atoms with Crippen molar-refractivity contribution in [3.63, 3.8) is 0 Å². The second-order valence-electron chi connectivity index (χ2n) is 7.44. The van der Waals surface area contributed by atoms with E-state index in [1.165, 1.54) is 0 Å². The van der Waals surface area contributed by atoms with Gasteiger partial charge in [0.25, 0.3) is 5.91 Å². The van der Waals surface area contributed by atoms with E-state index in [-0.39, 0.29) is 36.0 Å². The van der Waals surface area contributed by atoms with Crippen LogP contribution in [0.15, 0.2) is 40.9 Å². The molecule has 0 spiro atoms. The van der Waals surface area contributed by atoms with E-state index in [0.29, 0.717) is 18.7 Å². The molecule has 3 rings (SSSR count). The van der Waals surface area contributed by atoms with Crippen LogP contribution in [0.2, 0.25) is 0 Å². The molecule has 146 valence electrons. The number of benzene rings is 2. The van der Waals surface area contributed by atoms with Crippen LogP contribution < -0.4 is 4.74 Å². The molecular weight excluding hydrogens is 430 g/mol. The third kappa shape index (κ3) is 5.23. The van der Waals surface area contributed by atoms with Gasteiger partial charge in [0.2, 0.25) is 0 Å². The molecule has 27 heavy (non-hydrogen) atoms. The Morgan fingerprint density at radius 2 is 1.93 bits per heavy atom. The van der Waals surface area contributed by atoms with Gasteiger partial charge in [-0.2, -0.15) is 0 Å². The Balaban J connectivity index is 1.69. The Morgan fingerprint density at radius 3 is 2.59 bits per heavy atom. The van der Waals surface area contributed by atoms with Crippen molar-refractivity contribution in [2.75, 3.05) is 24.7 Å². The van der Waals surface area contributed by atoms with Crippen LogP contribution in [0.3, 0.4) is 0 Å². The minimum absolute atomic E-state index is 0.0519. The van der Waals surface area contributed by atoms with Crippen LogP contribution in [0.5, 0.6) is 5.75 Å². The summed E-state index contributed by atoms with van der Waals surface area (Å²) >= 11 is 3.45. The van der Waals surface area contributed by atoms with E-state index < -0.39 is 9.84 Å². The van der Waals surface area contributed by atoms with Crippen LogP contribution in [0.4, 0.5) is 0 Å². The maximum absolute atomic E-state index is 12.8. The van der Waals surface area contributed by atoms with Crippen molar-refractivity contribution in [2.24, 2.45) is 5.92 Å². The van der Waals surface area contributed by atoms with Crippen LogP contribution in [-0.4, -0.2) is 49.9 Å². The van der Waals surface area contributed by atoms with Crippen LogP contribution in [0.25, 0.3) is 10.8 Å². The molecule has 1 atom stereocenters. The van der Waals surface area contributed by atoms with Crippen molar-refractivity contribution in [2.45, 2.75) is 26.3 Å². The Morgan fingerprint density at radius 1 is 1.22 bits per heavy atom. The summed E-state index contributed by atoms with van der Waals surface area (Å²) in [5.41, 5.74) is 0. The predicted molar refractivity (Wildman–Crippen MR) is 111 cm³/mol. The average molecular weight is 454 g/mol. The van der Waals surface area contributed by atoms with Gasteiger partial charge in [0.05, 0.1) is 11.5 Å². The van der Waals surface area contributed by atoms with Gasteiger partial charge in [-0.1, -0.05) is 41.9 Å². The molecule has 0 N–H and O–H groups in total. The number of hydrogen-bond donors (Lipinski definition) is 0. The zero-order valence-electron chi connectivity index (χ0n) is 15.5. The number of rotatable bonds is 6. The minimum atomic E-state index is -3.04. The molecule has 1 fully saturated rings. The molecule has 0 saturated carbocycles. The summed E-state index contributed by atoms with van der Waals surface area (Å²) in [5, 5.41) is 2.12. The maximum atomic E-state index is 12.8. The first-order valence-corrected chi connectivity index (χ1v) is 11.7. The molecule has 0 radical (unpaired) electrons. The van der Waals surface area contributed by atoms with E-state index in [9.17, 15) is 13.2 Å². The lowest BCUT2D eigenvalue weighted by atomic mass is 10.1. The lowest BCUT2D eigenvalue weighted by Crippen LogP contribution is -2.45. The highest BCUT2D eigenvalue weighted by atomic mass is 79.9. The molecular formula is C20H24BrNO4S. The van der Waals surface area contributed by atoms with Crippen molar-refractivity contribution in [1.29, 1.82) is 0 Å². The number of fused-ring (bicyclic) bond motifs is 1. The van der Waals surface area contributed by atoms with Crippen molar-refractivity contribution >= 4 is 42.4 Å². The van der Waals surface area contributed by atoms with E-state index in [0.717, 1.165) is 15.2 Å². The summed E-state index contributed by atoms with van der Waals surface area (Å²) in [6.45, 7) is 4.48. The molecule has 0 aromatic heterocycles. The van der Waals surface area contributed by atoms with Crippen molar-refractivity contribution in [1.82, 2.24) is 4.90 Å². The van der Waals surface area contributed by atoms with Gasteiger partial charge in [-0.15, -0.1) is 0 Å². The third-order valence-corrected chi connectivity index (χ3v) is 6.91. The number of amides is 1. The molecule has 1 aliphatic heterocycles. The smallest absolute Gasteiger partial charge is 0.260 e. The zero-order valence-corrected chi connectivity index (χ0v) is 17.9. The predicted octanol–water partition coefficient (Wildman–Crippen LogP) is 3.65. The van der Waals surface area contributed by atoms with Gasteiger partial charge in [0.15, 0.2) is 16.4 Å². The molecule has 5 nitrogen and oxygen atoms in total. The van der Waals surface area contributed by atoms with E-state index in [1.807, 2.05) is 50.2 Å². The van der Waals surface area contributed by atoms with Crippen LogP contribution in [-0.2, 0) is 14.6 Å². The van der Waals surface area contributed by atoms with Crippen LogP contribution >= 0.6 is 15.9 Å². The minimum Gasteiger partial charge on any atom is -0.484 e. The summed E-state index contributed by atoms with van der Waals surface area (Å²) in [5.74, 6) is 0.927. The van der Waals surface area contributed by atoms with E-state index in [1.54, 1.807) is 4.90 Å². The molecule has 0 aliphatic carbocycles. The molecule has 1 amide bonds. The highest BCUT2D eigenvalue weighted by Gasteiger charge is 2.34.